The molecule has 0 amide bonds. The highest BCUT2D eigenvalue weighted by Gasteiger charge is 2.10. The fraction of sp³-hybridized carbons (Fsp3) is 0.300. The molecule has 1 atom stereocenters. The van der Waals surface area contributed by atoms with Crippen LogP contribution in [0.4, 0.5) is 0 Å². The van der Waals surface area contributed by atoms with Gasteiger partial charge in [-0.3, -0.25) is 0 Å². The first-order chi connectivity index (χ1) is 12.6. The lowest BCUT2D eigenvalue weighted by Crippen LogP contribution is -2.24. The molecule has 0 aliphatic rings. The maximum absolute atomic E-state index is 6.17. The van der Waals surface area contributed by atoms with Gasteiger partial charge in [-0.1, -0.05) is 47.1 Å². The topological polar surface area (TPSA) is 60.2 Å². The molecule has 3 rings (SSSR count). The molecular formula is C20H22ClN3O2. The van der Waals surface area contributed by atoms with E-state index in [1.165, 1.54) is 0 Å². The van der Waals surface area contributed by atoms with E-state index in [9.17, 15) is 0 Å². The molecule has 0 aliphatic heterocycles. The average molecular weight is 372 g/mol. The first kappa shape index (κ1) is 18.4. The molecule has 0 bridgehead atoms. The molecular weight excluding hydrogens is 350 g/mol. The zero-order chi connectivity index (χ0) is 18.4. The Balaban J connectivity index is 1.61. The fourth-order valence-corrected chi connectivity index (χ4v) is 2.71. The van der Waals surface area contributed by atoms with Crippen molar-refractivity contribution in [3.8, 4) is 5.75 Å². The van der Waals surface area contributed by atoms with Gasteiger partial charge in [0.1, 0.15) is 12.4 Å². The van der Waals surface area contributed by atoms with Crippen LogP contribution in [0.1, 0.15) is 29.8 Å². The van der Waals surface area contributed by atoms with Gasteiger partial charge in [0.05, 0.1) is 6.42 Å². The molecule has 0 spiro atoms. The van der Waals surface area contributed by atoms with E-state index >= 15 is 0 Å². The zero-order valence-corrected chi connectivity index (χ0v) is 15.7. The SMILES string of the molecule is CNC(C)Cc1noc(Cc2cccc(OCc3ccccc3Cl)c2)n1. The van der Waals surface area contributed by atoms with Crippen LogP contribution in [-0.2, 0) is 19.4 Å². The highest BCUT2D eigenvalue weighted by Crippen LogP contribution is 2.20. The van der Waals surface area contributed by atoms with Crippen LogP contribution in [0.15, 0.2) is 53.1 Å². The predicted octanol–water partition coefficient (Wildman–Crippen LogP) is 4.04. The molecule has 0 aliphatic carbocycles. The molecule has 0 saturated heterocycles. The Kier molecular flexibility index (Phi) is 6.26. The number of ether oxygens (including phenoxy) is 1. The van der Waals surface area contributed by atoms with Gasteiger partial charge in [0.15, 0.2) is 5.82 Å². The second-order valence-electron chi connectivity index (χ2n) is 6.20. The van der Waals surface area contributed by atoms with Crippen LogP contribution in [-0.4, -0.2) is 23.2 Å². The van der Waals surface area contributed by atoms with E-state index in [-0.39, 0.29) is 0 Å². The van der Waals surface area contributed by atoms with E-state index in [1.807, 2.05) is 55.6 Å². The summed E-state index contributed by atoms with van der Waals surface area (Å²) in [5, 5.41) is 7.91. The summed E-state index contributed by atoms with van der Waals surface area (Å²) in [5.74, 6) is 2.10. The summed E-state index contributed by atoms with van der Waals surface area (Å²) in [7, 11) is 1.92. The number of halogens is 1. The molecule has 5 nitrogen and oxygen atoms in total. The predicted molar refractivity (Wildman–Crippen MR) is 102 cm³/mol. The number of aromatic nitrogens is 2. The minimum Gasteiger partial charge on any atom is -0.489 e. The summed E-state index contributed by atoms with van der Waals surface area (Å²) >= 11 is 6.17. The van der Waals surface area contributed by atoms with Gasteiger partial charge in [-0.15, -0.1) is 0 Å². The van der Waals surface area contributed by atoms with Crippen LogP contribution in [0, 0.1) is 0 Å². The monoisotopic (exact) mass is 371 g/mol. The lowest BCUT2D eigenvalue weighted by molar-refractivity contribution is 0.306. The highest BCUT2D eigenvalue weighted by atomic mass is 35.5. The number of benzene rings is 2. The Hall–Kier alpha value is -2.37. The summed E-state index contributed by atoms with van der Waals surface area (Å²) in [6.45, 7) is 2.51. The van der Waals surface area contributed by atoms with Crippen LogP contribution < -0.4 is 10.1 Å². The Morgan fingerprint density at radius 1 is 1.19 bits per heavy atom. The van der Waals surface area contributed by atoms with Gasteiger partial charge < -0.3 is 14.6 Å². The fourth-order valence-electron chi connectivity index (χ4n) is 2.52. The summed E-state index contributed by atoms with van der Waals surface area (Å²) in [4.78, 5) is 4.45. The van der Waals surface area contributed by atoms with Gasteiger partial charge in [0, 0.05) is 23.0 Å². The van der Waals surface area contributed by atoms with Crippen molar-refractivity contribution in [1.82, 2.24) is 15.5 Å². The minimum absolute atomic E-state index is 0.307. The van der Waals surface area contributed by atoms with Gasteiger partial charge in [-0.2, -0.15) is 4.98 Å². The van der Waals surface area contributed by atoms with Crippen molar-refractivity contribution in [3.63, 3.8) is 0 Å². The molecule has 6 heteroatoms. The number of hydrogen-bond donors (Lipinski definition) is 1. The Morgan fingerprint density at radius 3 is 2.85 bits per heavy atom. The van der Waals surface area contributed by atoms with E-state index in [0.29, 0.717) is 35.8 Å². The smallest absolute Gasteiger partial charge is 0.231 e. The van der Waals surface area contributed by atoms with Crippen molar-refractivity contribution in [3.05, 3.63) is 76.4 Å². The number of nitrogens with zero attached hydrogens (tertiary/aromatic N) is 2. The Bertz CT molecular complexity index is 850. The third-order valence-electron chi connectivity index (χ3n) is 4.10. The van der Waals surface area contributed by atoms with Gasteiger partial charge >= 0.3 is 0 Å². The third-order valence-corrected chi connectivity index (χ3v) is 4.47. The Labute approximate surface area is 158 Å². The van der Waals surface area contributed by atoms with Crippen molar-refractivity contribution in [2.45, 2.75) is 32.4 Å². The second kappa shape index (κ2) is 8.83. The van der Waals surface area contributed by atoms with Crippen molar-refractivity contribution < 1.29 is 9.26 Å². The third kappa shape index (κ3) is 5.07. The molecule has 2 aromatic carbocycles. The van der Waals surface area contributed by atoms with Crippen LogP contribution in [0.5, 0.6) is 5.75 Å². The van der Waals surface area contributed by atoms with Crippen LogP contribution in [0.25, 0.3) is 0 Å². The first-order valence-electron chi connectivity index (χ1n) is 8.58. The maximum atomic E-state index is 6.17. The van der Waals surface area contributed by atoms with E-state index in [1.54, 1.807) is 0 Å². The lowest BCUT2D eigenvalue weighted by Gasteiger charge is -2.08. The molecule has 1 heterocycles. The molecule has 3 aromatic rings. The largest absolute Gasteiger partial charge is 0.489 e. The average Bonchev–Trinajstić information content (AvgIpc) is 3.08. The normalized spacial score (nSPS) is 12.1. The van der Waals surface area contributed by atoms with Crippen molar-refractivity contribution >= 4 is 11.6 Å². The molecule has 0 fully saturated rings. The first-order valence-corrected chi connectivity index (χ1v) is 8.95. The lowest BCUT2D eigenvalue weighted by atomic mass is 10.1. The van der Waals surface area contributed by atoms with Gasteiger partial charge in [-0.25, -0.2) is 0 Å². The van der Waals surface area contributed by atoms with Gasteiger partial charge in [0.25, 0.3) is 0 Å². The molecule has 1 aromatic heterocycles. The van der Waals surface area contributed by atoms with E-state index in [4.69, 9.17) is 20.9 Å². The van der Waals surface area contributed by atoms with E-state index < -0.39 is 0 Å². The summed E-state index contributed by atoms with van der Waals surface area (Å²) in [6.07, 6.45) is 1.31. The number of hydrogen-bond acceptors (Lipinski definition) is 5. The molecule has 26 heavy (non-hydrogen) atoms. The quantitative estimate of drug-likeness (QED) is 0.647. The zero-order valence-electron chi connectivity index (χ0n) is 14.9. The minimum atomic E-state index is 0.307. The second-order valence-corrected chi connectivity index (χ2v) is 6.61. The summed E-state index contributed by atoms with van der Waals surface area (Å²) in [6, 6.07) is 15.9. The van der Waals surface area contributed by atoms with Crippen LogP contribution >= 0.6 is 11.6 Å². The van der Waals surface area contributed by atoms with Crippen molar-refractivity contribution in [2.75, 3.05) is 7.05 Å². The number of likely N-dealkylation sites (N-methyl/N-ethyl adjacent to an activating group) is 1. The van der Waals surface area contributed by atoms with Crippen molar-refractivity contribution in [2.24, 2.45) is 0 Å². The number of nitrogens with one attached hydrogen (secondary N) is 1. The number of rotatable bonds is 8. The summed E-state index contributed by atoms with van der Waals surface area (Å²) in [5.41, 5.74) is 2.01. The molecule has 1 N–H and O–H groups in total. The standard InChI is InChI=1S/C20H22ClN3O2/c1-14(22-2)10-19-23-20(26-24-19)12-15-6-5-8-17(11-15)25-13-16-7-3-4-9-18(16)21/h3-9,11,14,22H,10,12-13H2,1-2H3. The van der Waals surface area contributed by atoms with Crippen molar-refractivity contribution in [1.29, 1.82) is 0 Å². The highest BCUT2D eigenvalue weighted by molar-refractivity contribution is 6.31. The van der Waals surface area contributed by atoms with Gasteiger partial charge in [-0.05, 0) is 37.7 Å². The molecule has 0 saturated carbocycles. The molecule has 0 radical (unpaired) electrons. The maximum Gasteiger partial charge on any atom is 0.231 e. The Morgan fingerprint density at radius 2 is 2.04 bits per heavy atom. The van der Waals surface area contributed by atoms with Gasteiger partial charge in [0.2, 0.25) is 5.89 Å². The molecule has 136 valence electrons. The molecule has 1 unspecified atom stereocenters. The van der Waals surface area contributed by atoms with E-state index in [2.05, 4.69) is 22.4 Å². The van der Waals surface area contributed by atoms with E-state index in [0.717, 1.165) is 23.3 Å². The van der Waals surface area contributed by atoms with Crippen LogP contribution in [0.2, 0.25) is 5.02 Å². The summed E-state index contributed by atoms with van der Waals surface area (Å²) < 4.78 is 11.2. The van der Waals surface area contributed by atoms with Crippen LogP contribution in [0.3, 0.4) is 0 Å².